The van der Waals surface area contributed by atoms with Gasteiger partial charge in [0.25, 0.3) is 0 Å². The van der Waals surface area contributed by atoms with Crippen LogP contribution < -0.4 is 14.4 Å². The molecule has 1 aliphatic carbocycles. The number of amides is 2. The van der Waals surface area contributed by atoms with Crippen molar-refractivity contribution in [3.8, 4) is 11.5 Å². The van der Waals surface area contributed by atoms with Gasteiger partial charge in [0.2, 0.25) is 11.8 Å². The van der Waals surface area contributed by atoms with Gasteiger partial charge in [0.15, 0.2) is 11.6 Å². The molecule has 2 aliphatic rings. The molecule has 0 unspecified atom stereocenters. The van der Waals surface area contributed by atoms with E-state index in [4.69, 9.17) is 14.2 Å². The van der Waals surface area contributed by atoms with Crippen LogP contribution in [0.3, 0.4) is 0 Å². The fourth-order valence-corrected chi connectivity index (χ4v) is 6.25. The maximum atomic E-state index is 14.6. The van der Waals surface area contributed by atoms with Crippen LogP contribution in [0.4, 0.5) is 5.69 Å². The number of esters is 1. The number of hydrogen-bond acceptors (Lipinski definition) is 8. The number of ketones is 2. The highest BCUT2D eigenvalue weighted by Gasteiger charge is 2.67. The third-order valence-electron chi connectivity index (χ3n) is 8.15. The summed E-state index contributed by atoms with van der Waals surface area (Å²) in [6.45, 7) is 2.89. The van der Waals surface area contributed by atoms with Crippen molar-refractivity contribution in [2.24, 2.45) is 11.8 Å². The molecule has 0 saturated heterocycles. The lowest BCUT2D eigenvalue weighted by Gasteiger charge is -2.35. The average molecular weight is 582 g/mol. The number of para-hydroxylation sites is 1. The van der Waals surface area contributed by atoms with E-state index in [0.717, 1.165) is 4.90 Å². The minimum atomic E-state index is -1.77. The minimum absolute atomic E-state index is 0.00285. The van der Waals surface area contributed by atoms with Gasteiger partial charge in [-0.05, 0) is 67.1 Å². The Morgan fingerprint density at radius 2 is 1.42 bits per heavy atom. The lowest BCUT2D eigenvalue weighted by molar-refractivity contribution is -0.152. The van der Waals surface area contributed by atoms with Gasteiger partial charge in [-0.3, -0.25) is 24.0 Å². The van der Waals surface area contributed by atoms with Crippen molar-refractivity contribution in [1.29, 1.82) is 0 Å². The fourth-order valence-electron chi connectivity index (χ4n) is 6.25. The summed E-state index contributed by atoms with van der Waals surface area (Å²) < 4.78 is 15.9. The summed E-state index contributed by atoms with van der Waals surface area (Å²) in [6, 6.07) is 19.6. The van der Waals surface area contributed by atoms with Gasteiger partial charge < -0.3 is 14.2 Å². The standard InChI is InChI=1S/C34H31NO8/c1-5-43-32(39)30-26(31(38)22-12-16-25(42-4)17-13-22)18-23(19-29(37)21-10-14-24(41-3)15-11-21)34(30)27-8-6-7-9-28(27)35(20(2)36)33(34)40/h6-18,23,30H,5,19H2,1-4H3/t23-,30-,34-/m0/s1. The van der Waals surface area contributed by atoms with Crippen LogP contribution in [-0.4, -0.2) is 50.2 Å². The zero-order chi connectivity index (χ0) is 30.9. The van der Waals surface area contributed by atoms with Crippen molar-refractivity contribution in [3.63, 3.8) is 0 Å². The maximum absolute atomic E-state index is 14.6. The molecule has 1 heterocycles. The quantitative estimate of drug-likeness (QED) is 0.263. The van der Waals surface area contributed by atoms with Gasteiger partial charge >= 0.3 is 5.97 Å². The second-order valence-electron chi connectivity index (χ2n) is 10.4. The molecule has 0 bridgehead atoms. The van der Waals surface area contributed by atoms with Crippen molar-refractivity contribution in [1.82, 2.24) is 0 Å². The minimum Gasteiger partial charge on any atom is -0.497 e. The largest absolute Gasteiger partial charge is 0.497 e. The molecule has 220 valence electrons. The van der Waals surface area contributed by atoms with Crippen LogP contribution in [0.2, 0.25) is 0 Å². The first kappa shape index (κ1) is 29.4. The molecule has 5 rings (SSSR count). The van der Waals surface area contributed by atoms with Crippen LogP contribution in [0.15, 0.2) is 84.4 Å². The normalized spacial score (nSPS) is 20.4. The lowest BCUT2D eigenvalue weighted by atomic mass is 9.64. The maximum Gasteiger partial charge on any atom is 0.315 e. The number of fused-ring (bicyclic) bond motifs is 2. The van der Waals surface area contributed by atoms with Crippen LogP contribution in [0.1, 0.15) is 46.5 Å². The van der Waals surface area contributed by atoms with Gasteiger partial charge in [0.1, 0.15) is 22.8 Å². The first-order chi connectivity index (χ1) is 20.7. The van der Waals surface area contributed by atoms with E-state index in [0.29, 0.717) is 28.3 Å². The predicted molar refractivity (Wildman–Crippen MR) is 157 cm³/mol. The number of carbonyl (C=O) groups is 5. The summed E-state index contributed by atoms with van der Waals surface area (Å²) in [7, 11) is 3.02. The Balaban J connectivity index is 1.71. The fraction of sp³-hybridized carbons (Fsp3) is 0.265. The SMILES string of the molecule is CCOC(=O)[C@@H]1C(C(=O)c2ccc(OC)cc2)=C[C@@H](CC(=O)c2ccc(OC)cc2)[C@@]12C(=O)N(C(C)=O)c1ccccc12. The Bertz CT molecular complexity index is 1640. The topological polar surface area (TPSA) is 116 Å². The van der Waals surface area contributed by atoms with E-state index in [-0.39, 0.29) is 29.9 Å². The number of anilines is 1. The molecule has 0 saturated carbocycles. The molecule has 0 fully saturated rings. The number of methoxy groups -OCH3 is 2. The molecular weight excluding hydrogens is 550 g/mol. The number of ether oxygens (including phenoxy) is 3. The van der Waals surface area contributed by atoms with Crippen molar-refractivity contribution in [2.45, 2.75) is 25.7 Å². The third-order valence-corrected chi connectivity index (χ3v) is 8.15. The molecule has 0 N–H and O–H groups in total. The van der Waals surface area contributed by atoms with Gasteiger partial charge in [-0.1, -0.05) is 24.3 Å². The highest BCUT2D eigenvalue weighted by Crippen LogP contribution is 2.58. The molecule has 3 aromatic carbocycles. The second-order valence-corrected chi connectivity index (χ2v) is 10.4. The zero-order valence-corrected chi connectivity index (χ0v) is 24.3. The van der Waals surface area contributed by atoms with E-state index >= 15 is 0 Å². The Labute approximate surface area is 249 Å². The van der Waals surface area contributed by atoms with Crippen molar-refractivity contribution in [3.05, 3.63) is 101 Å². The molecular formula is C34H31NO8. The number of nitrogens with zero attached hydrogens (tertiary/aromatic N) is 1. The number of benzene rings is 3. The molecule has 3 aromatic rings. The molecule has 9 nitrogen and oxygen atoms in total. The number of allylic oxidation sites excluding steroid dienone is 1. The van der Waals surface area contributed by atoms with Gasteiger partial charge in [-0.25, -0.2) is 4.90 Å². The molecule has 3 atom stereocenters. The van der Waals surface area contributed by atoms with E-state index in [9.17, 15) is 24.0 Å². The van der Waals surface area contributed by atoms with Crippen molar-refractivity contribution in [2.75, 3.05) is 25.7 Å². The zero-order valence-electron chi connectivity index (χ0n) is 24.3. The van der Waals surface area contributed by atoms with E-state index in [1.807, 2.05) is 0 Å². The Morgan fingerprint density at radius 1 is 0.837 bits per heavy atom. The number of Topliss-reactive ketones (excluding diaryl/α,β-unsaturated/α-hetero) is 2. The van der Waals surface area contributed by atoms with Gasteiger partial charge in [0.05, 0.1) is 26.5 Å². The summed E-state index contributed by atoms with van der Waals surface area (Å²) in [5.41, 5.74) is -0.411. The first-order valence-corrected chi connectivity index (χ1v) is 13.9. The predicted octanol–water partition coefficient (Wildman–Crippen LogP) is 4.73. The van der Waals surface area contributed by atoms with Crippen molar-refractivity contribution >= 4 is 35.0 Å². The number of rotatable bonds is 9. The van der Waals surface area contributed by atoms with Gasteiger partial charge in [-0.15, -0.1) is 0 Å². The van der Waals surface area contributed by atoms with E-state index in [2.05, 4.69) is 0 Å². The molecule has 0 radical (unpaired) electrons. The molecule has 1 spiro atoms. The summed E-state index contributed by atoms with van der Waals surface area (Å²) in [4.78, 5) is 70.2. The summed E-state index contributed by atoms with van der Waals surface area (Å²) in [6.07, 6.45) is 1.33. The highest BCUT2D eigenvalue weighted by atomic mass is 16.5. The number of carbonyl (C=O) groups excluding carboxylic acids is 5. The van der Waals surface area contributed by atoms with Crippen LogP contribution in [-0.2, 0) is 24.5 Å². The second kappa shape index (κ2) is 11.7. The molecule has 43 heavy (non-hydrogen) atoms. The van der Waals surface area contributed by atoms with Crippen LogP contribution in [0.5, 0.6) is 11.5 Å². The molecule has 9 heteroatoms. The lowest BCUT2D eigenvalue weighted by Crippen LogP contribution is -2.52. The molecule has 2 amide bonds. The monoisotopic (exact) mass is 581 g/mol. The van der Waals surface area contributed by atoms with E-state index < -0.39 is 40.8 Å². The van der Waals surface area contributed by atoms with E-state index in [1.54, 1.807) is 85.8 Å². The summed E-state index contributed by atoms with van der Waals surface area (Å²) >= 11 is 0. The summed E-state index contributed by atoms with van der Waals surface area (Å²) in [5, 5.41) is 0. The Hall–Kier alpha value is -5.05. The van der Waals surface area contributed by atoms with Crippen molar-refractivity contribution < 1.29 is 38.2 Å². The first-order valence-electron chi connectivity index (χ1n) is 13.9. The smallest absolute Gasteiger partial charge is 0.315 e. The van der Waals surface area contributed by atoms with Gasteiger partial charge in [-0.2, -0.15) is 0 Å². The van der Waals surface area contributed by atoms with Crippen LogP contribution in [0.25, 0.3) is 0 Å². The molecule has 1 aliphatic heterocycles. The average Bonchev–Trinajstić information content (AvgIpc) is 3.49. The van der Waals surface area contributed by atoms with Gasteiger partial charge in [0, 0.05) is 36.0 Å². The Morgan fingerprint density at radius 3 is 1.98 bits per heavy atom. The van der Waals surface area contributed by atoms with Crippen LogP contribution >= 0.6 is 0 Å². The third kappa shape index (κ3) is 4.80. The highest BCUT2D eigenvalue weighted by molar-refractivity contribution is 6.26. The number of imide groups is 1. The Kier molecular flexibility index (Phi) is 8.00. The van der Waals surface area contributed by atoms with E-state index in [1.165, 1.54) is 21.1 Å². The van der Waals surface area contributed by atoms with Crippen LogP contribution in [0, 0.1) is 11.8 Å². The number of hydrogen-bond donors (Lipinski definition) is 0. The molecule has 0 aromatic heterocycles. The summed E-state index contributed by atoms with van der Waals surface area (Å²) in [5.74, 6) is -4.07.